The van der Waals surface area contributed by atoms with Gasteiger partial charge >= 0.3 is 21.7 Å². The molecular formula is C44H64O12P4Ti. The van der Waals surface area contributed by atoms with Gasteiger partial charge in [-0.3, -0.25) is 0 Å². The molecule has 0 aromatic heterocycles. The van der Waals surface area contributed by atoms with Crippen LogP contribution in [0.4, 0.5) is 0 Å². The molecule has 0 heterocycles. The van der Waals surface area contributed by atoms with E-state index in [9.17, 15) is 37.8 Å². The number of rotatable bonds is 20. The third-order valence-electron chi connectivity index (χ3n) is 10.0. The van der Waals surface area contributed by atoms with Crippen molar-refractivity contribution in [1.29, 1.82) is 0 Å². The smallest absolute Gasteiger partial charge is 0.799 e. The van der Waals surface area contributed by atoms with Crippen molar-refractivity contribution in [1.82, 2.24) is 0 Å². The zero-order chi connectivity index (χ0) is 45.2. The van der Waals surface area contributed by atoms with E-state index in [0.29, 0.717) is 0 Å². The Morgan fingerprint density at radius 1 is 0.361 bits per heavy atom. The fraction of sp³-hybridized carbons (Fsp3) is 0.455. The first-order valence-corrected chi connectivity index (χ1v) is 27.8. The molecule has 0 radical (unpaired) electrons. The molecule has 4 aromatic rings. The Hall–Kier alpha value is -1.81. The first-order valence-electron chi connectivity index (χ1n) is 20.3. The fourth-order valence-corrected chi connectivity index (χ4v) is 12.7. The Morgan fingerprint density at radius 3 is 0.623 bits per heavy atom. The Morgan fingerprint density at radius 2 is 0.508 bits per heavy atom. The average molecular weight is 957 g/mol. The van der Waals surface area contributed by atoms with E-state index in [1.54, 1.807) is 76.2 Å². The summed E-state index contributed by atoms with van der Waals surface area (Å²) in [5, 5.41) is 35.6. The van der Waals surface area contributed by atoms with Crippen molar-refractivity contribution < 1.29 is 80.0 Å². The van der Waals surface area contributed by atoms with Crippen LogP contribution < -0.4 is 19.6 Å². The van der Waals surface area contributed by atoms with Gasteiger partial charge in [0.25, 0.3) is 0 Å². The Bertz CT molecular complexity index is 1630. The van der Waals surface area contributed by atoms with Crippen LogP contribution in [0, 0.1) is 0 Å². The van der Waals surface area contributed by atoms with Crippen LogP contribution in [0.2, 0.25) is 0 Å². The number of hydrogen-bond donors (Lipinski definition) is 4. The van der Waals surface area contributed by atoms with Crippen LogP contribution in [0.15, 0.2) is 121 Å². The summed E-state index contributed by atoms with van der Waals surface area (Å²) in [4.78, 5) is 47.2. The van der Waals surface area contributed by atoms with E-state index in [4.69, 9.17) is 20.4 Å². The molecule has 8 atom stereocenters. The van der Waals surface area contributed by atoms with Gasteiger partial charge < -0.3 is 58.3 Å². The molecule has 0 saturated heterocycles. The van der Waals surface area contributed by atoms with Crippen LogP contribution >= 0.6 is 29.5 Å². The molecule has 0 bridgehead atoms. The van der Waals surface area contributed by atoms with Gasteiger partial charge in [0.1, 0.15) is 0 Å². The van der Waals surface area contributed by atoms with Crippen LogP contribution in [-0.2, 0) is 40.0 Å². The van der Waals surface area contributed by atoms with E-state index in [1.807, 2.05) is 72.8 Å². The van der Waals surface area contributed by atoms with E-state index >= 15 is 0 Å². The summed E-state index contributed by atoms with van der Waals surface area (Å²) in [5.41, 5.74) is 0.890. The van der Waals surface area contributed by atoms with E-state index < -0.39 is 52.1 Å². The first-order chi connectivity index (χ1) is 28.5. The van der Waals surface area contributed by atoms with Gasteiger partial charge in [-0.25, -0.2) is 0 Å². The van der Waals surface area contributed by atoms with Crippen molar-refractivity contribution in [2.75, 3.05) is 51.1 Å². The molecule has 8 unspecified atom stereocenters. The predicted octanol–water partition coefficient (Wildman–Crippen LogP) is 7.07. The van der Waals surface area contributed by atoms with Gasteiger partial charge in [-0.05, 0) is 72.6 Å². The molecule has 4 rings (SSSR count). The van der Waals surface area contributed by atoms with Gasteiger partial charge in [0, 0.05) is 78.5 Å². The molecule has 61 heavy (non-hydrogen) atoms. The van der Waals surface area contributed by atoms with Crippen molar-refractivity contribution in [3.8, 4) is 0 Å². The molecule has 0 spiro atoms. The Kier molecular flexibility index (Phi) is 30.2. The minimum Gasteiger partial charge on any atom is -0.799 e. The fourth-order valence-electron chi connectivity index (χ4n) is 6.43. The molecule has 12 nitrogen and oxygen atoms in total. The SMILES string of the molecule is CCP(=O)([O-])C(CCO)c1ccccc1.CCP(=O)([O-])C(CCO)c1ccccc1.CCP(=O)([O-])C(CCO)c1ccccc1.CCP(=O)([O-])C(CCO)c1ccccc1.[Ti+4]. The summed E-state index contributed by atoms with van der Waals surface area (Å²) in [7, 11) is -13.7. The third kappa shape index (κ3) is 20.7. The van der Waals surface area contributed by atoms with Crippen molar-refractivity contribution in [2.24, 2.45) is 0 Å². The van der Waals surface area contributed by atoms with E-state index in [2.05, 4.69) is 0 Å². The monoisotopic (exact) mass is 956 g/mol. The van der Waals surface area contributed by atoms with Gasteiger partial charge in [0.05, 0.1) is 0 Å². The summed E-state index contributed by atoms with van der Waals surface area (Å²) in [6.45, 7) is 6.14. The minimum atomic E-state index is -3.43. The maximum Gasteiger partial charge on any atom is 4.00 e. The molecule has 0 saturated carbocycles. The van der Waals surface area contributed by atoms with Gasteiger partial charge in [-0.15, -0.1) is 0 Å². The molecule has 336 valence electrons. The Labute approximate surface area is 378 Å². The summed E-state index contributed by atoms with van der Waals surface area (Å²) >= 11 is 0. The maximum atomic E-state index is 11.8. The number of aliphatic hydroxyl groups excluding tert-OH is 4. The normalized spacial score (nSPS) is 16.7. The second-order valence-corrected chi connectivity index (χ2v) is 24.8. The van der Waals surface area contributed by atoms with E-state index in [-0.39, 0.29) is 98.5 Å². The van der Waals surface area contributed by atoms with E-state index in [0.717, 1.165) is 22.3 Å². The predicted molar refractivity (Wildman–Crippen MR) is 236 cm³/mol. The van der Waals surface area contributed by atoms with Gasteiger partial charge in [-0.2, -0.15) is 0 Å². The molecular weight excluding hydrogens is 892 g/mol. The standard InChI is InChI=1S/4C11H17O3P.Ti/c4*1-2-15(13,14)11(8-9-12)10-6-4-3-5-7-10;/h4*3-7,11-12H,2,8-9H2,1H3,(H,13,14);/q;;;;+4/p-4. The van der Waals surface area contributed by atoms with Crippen LogP contribution in [0.5, 0.6) is 0 Å². The van der Waals surface area contributed by atoms with Crippen LogP contribution in [0.1, 0.15) is 98.3 Å². The van der Waals surface area contributed by atoms with E-state index in [1.165, 1.54) is 0 Å². The van der Waals surface area contributed by atoms with Crippen LogP contribution in [0.25, 0.3) is 0 Å². The molecule has 0 aliphatic carbocycles. The minimum absolute atomic E-state index is 0. The van der Waals surface area contributed by atoms with Crippen molar-refractivity contribution in [3.05, 3.63) is 144 Å². The number of aliphatic hydroxyl groups is 4. The molecule has 0 fully saturated rings. The van der Waals surface area contributed by atoms with Crippen LogP contribution in [0.3, 0.4) is 0 Å². The summed E-state index contributed by atoms with van der Waals surface area (Å²) in [5.74, 6) is 0. The van der Waals surface area contributed by atoms with Crippen molar-refractivity contribution in [2.45, 2.75) is 76.0 Å². The zero-order valence-electron chi connectivity index (χ0n) is 35.7. The molecule has 0 aliphatic heterocycles. The van der Waals surface area contributed by atoms with Crippen LogP contribution in [-0.4, -0.2) is 71.5 Å². The molecule has 4 N–H and O–H groups in total. The molecule has 4 aromatic carbocycles. The maximum absolute atomic E-state index is 11.8. The van der Waals surface area contributed by atoms with Crippen molar-refractivity contribution in [3.63, 3.8) is 0 Å². The molecule has 17 heteroatoms. The third-order valence-corrected chi connectivity index (χ3v) is 19.6. The summed E-state index contributed by atoms with van der Waals surface area (Å²) < 4.78 is 47.2. The zero-order valence-corrected chi connectivity index (χ0v) is 40.8. The van der Waals surface area contributed by atoms with Gasteiger partial charge in [0.2, 0.25) is 0 Å². The molecule has 0 amide bonds. The second-order valence-electron chi connectivity index (χ2n) is 13.9. The summed E-state index contributed by atoms with van der Waals surface area (Å²) in [6, 6.07) is 36.2. The summed E-state index contributed by atoms with van der Waals surface area (Å²) in [6.07, 6.45) is 1.63. The number of hydrogen-bond acceptors (Lipinski definition) is 12. The molecule has 0 aliphatic rings. The average Bonchev–Trinajstić information content (AvgIpc) is 3.27. The van der Waals surface area contributed by atoms with Crippen molar-refractivity contribution >= 4 is 29.5 Å². The Balaban J connectivity index is 0.000000783. The second kappa shape index (κ2) is 31.1. The van der Waals surface area contributed by atoms with Gasteiger partial charge in [0.15, 0.2) is 0 Å². The largest absolute Gasteiger partial charge is 4.00 e. The number of benzene rings is 4. The van der Waals surface area contributed by atoms with Gasteiger partial charge in [-0.1, -0.05) is 149 Å². The topological polar surface area (TPSA) is 241 Å². The first kappa shape index (κ1) is 59.2. The quantitative estimate of drug-likeness (QED) is 0.0514.